The van der Waals surface area contributed by atoms with Crippen LogP contribution in [0.5, 0.6) is 0 Å². The van der Waals surface area contributed by atoms with Gasteiger partial charge in [0.15, 0.2) is 0 Å². The summed E-state index contributed by atoms with van der Waals surface area (Å²) in [6.07, 6.45) is 19.6. The highest BCUT2D eigenvalue weighted by molar-refractivity contribution is 5.20. The Morgan fingerprint density at radius 2 is 2.08 bits per heavy atom. The molecule has 134 valence electrons. The molecule has 0 aliphatic heterocycles. The standard InChI is InChI=1S/C23H36O/c1-3-13-22-15-11-19-18-8-6-5-7-17(18)9-10-20(19)21(22)12-16-23(22,24)14-4-2/h4,7,18-21,24H,2-3,5-6,8-16H2,1H3/t18-,19+,20+,21-,22-,23-/m0/s1. The molecule has 0 aromatic rings. The van der Waals surface area contributed by atoms with Gasteiger partial charge in [-0.3, -0.25) is 0 Å². The molecule has 4 rings (SSSR count). The van der Waals surface area contributed by atoms with Crippen LogP contribution in [0.3, 0.4) is 0 Å². The van der Waals surface area contributed by atoms with E-state index in [4.69, 9.17) is 0 Å². The molecule has 4 aliphatic carbocycles. The van der Waals surface area contributed by atoms with Gasteiger partial charge in [-0.05, 0) is 94.3 Å². The van der Waals surface area contributed by atoms with Gasteiger partial charge in [0.05, 0.1) is 5.60 Å². The summed E-state index contributed by atoms with van der Waals surface area (Å²) in [5.41, 5.74) is 1.53. The lowest BCUT2D eigenvalue weighted by molar-refractivity contribution is -0.131. The number of allylic oxidation sites excluding steroid dienone is 2. The van der Waals surface area contributed by atoms with Crippen molar-refractivity contribution in [3.05, 3.63) is 24.3 Å². The van der Waals surface area contributed by atoms with Crippen molar-refractivity contribution in [2.75, 3.05) is 0 Å². The zero-order valence-corrected chi connectivity index (χ0v) is 15.6. The summed E-state index contributed by atoms with van der Waals surface area (Å²) in [7, 11) is 0. The Kier molecular flexibility index (Phi) is 4.44. The summed E-state index contributed by atoms with van der Waals surface area (Å²) in [5.74, 6) is 3.46. The van der Waals surface area contributed by atoms with Crippen molar-refractivity contribution in [1.29, 1.82) is 0 Å². The van der Waals surface area contributed by atoms with Gasteiger partial charge in [0, 0.05) is 5.41 Å². The van der Waals surface area contributed by atoms with Crippen LogP contribution in [0.15, 0.2) is 24.3 Å². The van der Waals surface area contributed by atoms with E-state index in [2.05, 4.69) is 19.6 Å². The summed E-state index contributed by atoms with van der Waals surface area (Å²) < 4.78 is 0. The minimum atomic E-state index is -0.469. The van der Waals surface area contributed by atoms with Gasteiger partial charge in [-0.15, -0.1) is 6.58 Å². The third kappa shape index (κ3) is 2.30. The SMILES string of the molecule is C=CC[C@]1(O)CC[C@H]2[C@@H]3CCC4=CCCC[C@@H]4[C@H]3CC[C@@]21CCC. The van der Waals surface area contributed by atoms with E-state index in [0.29, 0.717) is 0 Å². The lowest BCUT2D eigenvalue weighted by Gasteiger charge is -2.57. The lowest BCUT2D eigenvalue weighted by Crippen LogP contribution is -2.54. The van der Waals surface area contributed by atoms with Crippen molar-refractivity contribution in [2.45, 2.75) is 89.6 Å². The van der Waals surface area contributed by atoms with E-state index < -0.39 is 5.60 Å². The second-order valence-electron chi connectivity index (χ2n) is 9.30. The average molecular weight is 329 g/mol. The van der Waals surface area contributed by atoms with Crippen molar-refractivity contribution >= 4 is 0 Å². The topological polar surface area (TPSA) is 20.2 Å². The predicted octanol–water partition coefficient (Wildman–Crippen LogP) is 6.04. The molecule has 1 N–H and O–H groups in total. The van der Waals surface area contributed by atoms with Gasteiger partial charge in [0.25, 0.3) is 0 Å². The van der Waals surface area contributed by atoms with Crippen LogP contribution in [0.1, 0.15) is 84.0 Å². The Hall–Kier alpha value is -0.560. The van der Waals surface area contributed by atoms with Crippen LogP contribution in [0.4, 0.5) is 0 Å². The summed E-state index contributed by atoms with van der Waals surface area (Å²) in [6, 6.07) is 0. The smallest absolute Gasteiger partial charge is 0.0740 e. The van der Waals surface area contributed by atoms with Gasteiger partial charge in [-0.25, -0.2) is 0 Å². The van der Waals surface area contributed by atoms with Gasteiger partial charge >= 0.3 is 0 Å². The zero-order valence-electron chi connectivity index (χ0n) is 15.6. The molecular weight excluding hydrogens is 292 g/mol. The van der Waals surface area contributed by atoms with Crippen molar-refractivity contribution < 1.29 is 5.11 Å². The minimum absolute atomic E-state index is 0.187. The van der Waals surface area contributed by atoms with Crippen LogP contribution >= 0.6 is 0 Å². The molecule has 3 saturated carbocycles. The Bertz CT molecular complexity index is 520. The quantitative estimate of drug-likeness (QED) is 0.624. The van der Waals surface area contributed by atoms with Crippen molar-refractivity contribution in [3.8, 4) is 0 Å². The third-order valence-corrected chi connectivity index (χ3v) is 8.56. The van der Waals surface area contributed by atoms with Crippen LogP contribution in [0.25, 0.3) is 0 Å². The Morgan fingerprint density at radius 3 is 2.88 bits per heavy atom. The minimum Gasteiger partial charge on any atom is -0.389 e. The van der Waals surface area contributed by atoms with Crippen molar-refractivity contribution in [2.24, 2.45) is 29.1 Å². The third-order valence-electron chi connectivity index (χ3n) is 8.56. The number of fused-ring (bicyclic) bond motifs is 5. The molecule has 0 radical (unpaired) electrons. The highest BCUT2D eigenvalue weighted by Crippen LogP contribution is 2.67. The van der Waals surface area contributed by atoms with Gasteiger partial charge in [-0.1, -0.05) is 31.1 Å². The molecule has 3 fully saturated rings. The van der Waals surface area contributed by atoms with E-state index in [-0.39, 0.29) is 5.41 Å². The molecule has 0 spiro atoms. The second-order valence-corrected chi connectivity index (χ2v) is 9.30. The summed E-state index contributed by atoms with van der Waals surface area (Å²) in [5, 5.41) is 11.6. The van der Waals surface area contributed by atoms with E-state index >= 15 is 0 Å². The molecule has 6 atom stereocenters. The number of hydrogen-bond donors (Lipinski definition) is 1. The predicted molar refractivity (Wildman–Crippen MR) is 101 cm³/mol. The van der Waals surface area contributed by atoms with Gasteiger partial charge in [0.2, 0.25) is 0 Å². The molecule has 0 unspecified atom stereocenters. The van der Waals surface area contributed by atoms with Crippen molar-refractivity contribution in [3.63, 3.8) is 0 Å². The molecule has 1 nitrogen and oxygen atoms in total. The first-order valence-corrected chi connectivity index (χ1v) is 10.7. The summed E-state index contributed by atoms with van der Waals surface area (Å²) in [6.45, 7) is 6.28. The van der Waals surface area contributed by atoms with Crippen molar-refractivity contribution in [1.82, 2.24) is 0 Å². The molecule has 0 aromatic carbocycles. The number of hydrogen-bond acceptors (Lipinski definition) is 1. The van der Waals surface area contributed by atoms with E-state index in [9.17, 15) is 5.11 Å². The monoisotopic (exact) mass is 328 g/mol. The summed E-state index contributed by atoms with van der Waals surface area (Å²) >= 11 is 0. The molecule has 0 bridgehead atoms. The zero-order chi connectivity index (χ0) is 16.8. The van der Waals surface area contributed by atoms with E-state index in [1.807, 2.05) is 11.6 Å². The largest absolute Gasteiger partial charge is 0.389 e. The van der Waals surface area contributed by atoms with Crippen LogP contribution in [-0.2, 0) is 0 Å². The molecule has 0 heterocycles. The first-order chi connectivity index (χ1) is 11.6. The molecule has 24 heavy (non-hydrogen) atoms. The fourth-order valence-corrected chi connectivity index (χ4v) is 7.76. The Balaban J connectivity index is 1.66. The maximum Gasteiger partial charge on any atom is 0.0740 e. The summed E-state index contributed by atoms with van der Waals surface area (Å²) in [4.78, 5) is 0. The fourth-order valence-electron chi connectivity index (χ4n) is 7.76. The van der Waals surface area contributed by atoms with E-state index in [1.165, 1.54) is 64.2 Å². The van der Waals surface area contributed by atoms with Crippen LogP contribution in [-0.4, -0.2) is 10.7 Å². The van der Waals surface area contributed by atoms with Gasteiger partial charge in [0.1, 0.15) is 0 Å². The maximum absolute atomic E-state index is 11.6. The fraction of sp³-hybridized carbons (Fsp3) is 0.826. The molecule has 0 amide bonds. The molecule has 0 saturated heterocycles. The maximum atomic E-state index is 11.6. The average Bonchev–Trinajstić information content (AvgIpc) is 2.88. The number of rotatable bonds is 4. The first kappa shape index (κ1) is 16.9. The van der Waals surface area contributed by atoms with E-state index in [0.717, 1.165) is 36.5 Å². The first-order valence-electron chi connectivity index (χ1n) is 10.7. The van der Waals surface area contributed by atoms with E-state index in [1.54, 1.807) is 0 Å². The molecule has 4 aliphatic rings. The lowest BCUT2D eigenvalue weighted by atomic mass is 9.49. The Labute approximate surface area is 148 Å². The molecular formula is C23H36O. The van der Waals surface area contributed by atoms with Crippen LogP contribution in [0.2, 0.25) is 0 Å². The molecule has 0 aromatic heterocycles. The highest BCUT2D eigenvalue weighted by Gasteiger charge is 2.63. The van der Waals surface area contributed by atoms with Crippen LogP contribution in [0, 0.1) is 29.1 Å². The van der Waals surface area contributed by atoms with Crippen LogP contribution < -0.4 is 0 Å². The second kappa shape index (κ2) is 6.31. The highest BCUT2D eigenvalue weighted by atomic mass is 16.3. The Morgan fingerprint density at radius 1 is 1.21 bits per heavy atom. The molecule has 1 heteroatoms. The normalized spacial score (nSPS) is 47.3. The van der Waals surface area contributed by atoms with Gasteiger partial charge in [-0.2, -0.15) is 0 Å². The van der Waals surface area contributed by atoms with Gasteiger partial charge < -0.3 is 5.11 Å². The number of aliphatic hydroxyl groups is 1.